The largest absolute Gasteiger partial charge is 0.483 e. The number of benzene rings is 3. The smallest absolute Gasteiger partial charge is 0.290 e. The zero-order valence-corrected chi connectivity index (χ0v) is 29.1. The van der Waals surface area contributed by atoms with Gasteiger partial charge in [-0.3, -0.25) is 19.2 Å². The molecule has 1 saturated heterocycles. The van der Waals surface area contributed by atoms with E-state index in [-0.39, 0.29) is 54.1 Å². The van der Waals surface area contributed by atoms with Gasteiger partial charge in [0, 0.05) is 49.9 Å². The fourth-order valence-corrected chi connectivity index (χ4v) is 6.19. The van der Waals surface area contributed by atoms with Crippen molar-refractivity contribution in [3.8, 4) is 17.2 Å². The third kappa shape index (κ3) is 8.87. The normalized spacial score (nSPS) is 17.3. The van der Waals surface area contributed by atoms with Crippen molar-refractivity contribution in [3.05, 3.63) is 89.2 Å². The summed E-state index contributed by atoms with van der Waals surface area (Å²) in [5.41, 5.74) is 1.70. The number of rotatable bonds is 7. The fourth-order valence-electron chi connectivity index (χ4n) is 6.19. The van der Waals surface area contributed by atoms with E-state index in [4.69, 9.17) is 19.4 Å². The van der Waals surface area contributed by atoms with Crippen LogP contribution in [-0.2, 0) is 20.9 Å². The Kier molecular flexibility index (Phi) is 12.5. The van der Waals surface area contributed by atoms with Gasteiger partial charge in [0.2, 0.25) is 5.91 Å². The highest BCUT2D eigenvalue weighted by atomic mass is 19.1. The maximum atomic E-state index is 14.9. The van der Waals surface area contributed by atoms with Crippen molar-refractivity contribution in [2.24, 2.45) is 0 Å². The van der Waals surface area contributed by atoms with Crippen LogP contribution in [0.25, 0.3) is 5.69 Å². The lowest BCUT2D eigenvalue weighted by Crippen LogP contribution is -2.49. The van der Waals surface area contributed by atoms with Gasteiger partial charge < -0.3 is 34.6 Å². The van der Waals surface area contributed by atoms with E-state index in [2.05, 4.69) is 20.8 Å². The summed E-state index contributed by atoms with van der Waals surface area (Å²) >= 11 is 0. The van der Waals surface area contributed by atoms with Crippen LogP contribution in [0.4, 0.5) is 10.3 Å². The average Bonchev–Trinajstić information content (AvgIpc) is 3.78. The number of anilines is 1. The van der Waals surface area contributed by atoms with Crippen LogP contribution in [0.5, 0.6) is 11.5 Å². The van der Waals surface area contributed by atoms with Gasteiger partial charge in [0.15, 0.2) is 0 Å². The molecule has 3 aromatic carbocycles. The van der Waals surface area contributed by atoms with Crippen molar-refractivity contribution in [2.45, 2.75) is 45.9 Å². The molecule has 2 N–H and O–H groups in total. The molecule has 16 heteroatoms. The van der Waals surface area contributed by atoms with E-state index in [9.17, 15) is 18.8 Å². The van der Waals surface area contributed by atoms with Crippen LogP contribution in [-0.4, -0.2) is 111 Å². The Morgan fingerprint density at radius 2 is 1.77 bits per heavy atom. The number of hydrogen-bond acceptors (Lipinski definition) is 10. The highest BCUT2D eigenvalue weighted by molar-refractivity contribution is 6.01. The Morgan fingerprint density at radius 1 is 1.04 bits per heavy atom. The van der Waals surface area contributed by atoms with E-state index in [1.165, 1.54) is 29.2 Å². The first kappa shape index (κ1) is 37.4. The summed E-state index contributed by atoms with van der Waals surface area (Å²) in [6.07, 6.45) is 0.0690. The molecule has 4 aromatic rings. The van der Waals surface area contributed by atoms with Crippen LogP contribution in [0.2, 0.25) is 0 Å². The molecule has 0 saturated carbocycles. The van der Waals surface area contributed by atoms with E-state index in [0.29, 0.717) is 50.7 Å². The van der Waals surface area contributed by atoms with Crippen molar-refractivity contribution < 1.29 is 38.1 Å². The molecule has 1 aromatic heterocycles. The zero-order chi connectivity index (χ0) is 37.2. The molecule has 2 atom stereocenters. The number of carboxylic acid groups (broad SMARTS) is 1. The summed E-state index contributed by atoms with van der Waals surface area (Å²) in [7, 11) is 0. The molecule has 3 amide bonds. The first-order valence-corrected chi connectivity index (χ1v) is 17.0. The van der Waals surface area contributed by atoms with Crippen LogP contribution in [0.1, 0.15) is 53.5 Å². The summed E-state index contributed by atoms with van der Waals surface area (Å²) < 4.78 is 29.0. The number of fused-ring (bicyclic) bond motifs is 5. The van der Waals surface area contributed by atoms with Gasteiger partial charge in [-0.2, -0.15) is 4.68 Å². The van der Waals surface area contributed by atoms with Gasteiger partial charge in [-0.25, -0.2) is 4.39 Å². The fraction of sp³-hybridized carbons (Fsp3) is 0.361. The minimum absolute atomic E-state index is 0.0226. The minimum atomic E-state index is -0.544. The second-order valence-electron chi connectivity index (χ2n) is 12.1. The highest BCUT2D eigenvalue weighted by Gasteiger charge is 2.38. The summed E-state index contributed by atoms with van der Waals surface area (Å²) in [4.78, 5) is 54.4. The quantitative estimate of drug-likeness (QED) is 0.268. The Bertz CT molecular complexity index is 1870. The molecule has 2 aliphatic heterocycles. The van der Waals surface area contributed by atoms with Crippen LogP contribution < -0.4 is 15.0 Å². The first-order valence-electron chi connectivity index (χ1n) is 17.0. The van der Waals surface area contributed by atoms with Gasteiger partial charge in [0.1, 0.15) is 17.3 Å². The molecular weight excluding hydrogens is 675 g/mol. The number of tetrazole rings is 1. The van der Waals surface area contributed by atoms with E-state index in [1.54, 1.807) is 21.7 Å². The van der Waals surface area contributed by atoms with Gasteiger partial charge in [0.05, 0.1) is 31.0 Å². The average molecular weight is 717 g/mol. The molecule has 0 unspecified atom stereocenters. The number of nitrogens with zero attached hydrogens (tertiary/aromatic N) is 7. The van der Waals surface area contributed by atoms with Crippen LogP contribution in [0.15, 0.2) is 66.7 Å². The highest BCUT2D eigenvalue weighted by Crippen LogP contribution is 2.29. The maximum Gasteiger partial charge on any atom is 0.290 e. The minimum Gasteiger partial charge on any atom is -0.483 e. The van der Waals surface area contributed by atoms with E-state index >= 15 is 0 Å². The second kappa shape index (κ2) is 17.4. The van der Waals surface area contributed by atoms with Gasteiger partial charge >= 0.3 is 0 Å². The van der Waals surface area contributed by atoms with Crippen LogP contribution in [0, 0.1) is 5.82 Å². The van der Waals surface area contributed by atoms with Crippen molar-refractivity contribution in [1.82, 2.24) is 35.3 Å². The predicted molar refractivity (Wildman–Crippen MR) is 187 cm³/mol. The SMILES string of the molecule is CCCN1CC(=O)N[C@@H]2CN(c3nnnn3-c3ccccc3)C[C@H]2OCc2cc(F)cc(c2)Oc2cc(C(=O)N(CC)CC)cc(c2)C1=O.O=CO. The Balaban J connectivity index is 0.00000168. The first-order chi connectivity index (χ1) is 25.2. The number of nitrogens with one attached hydrogen (secondary N) is 1. The van der Waals surface area contributed by atoms with Crippen LogP contribution >= 0.6 is 0 Å². The lowest BCUT2D eigenvalue weighted by molar-refractivity contribution is -0.124. The molecule has 52 heavy (non-hydrogen) atoms. The summed E-state index contributed by atoms with van der Waals surface area (Å²) in [5, 5.41) is 22.3. The van der Waals surface area contributed by atoms with E-state index in [1.807, 2.05) is 56.0 Å². The molecule has 3 heterocycles. The van der Waals surface area contributed by atoms with Gasteiger partial charge in [-0.1, -0.05) is 30.2 Å². The molecule has 274 valence electrons. The molecule has 0 radical (unpaired) electrons. The molecule has 2 aliphatic rings. The molecule has 0 spiro atoms. The van der Waals surface area contributed by atoms with Crippen molar-refractivity contribution in [1.29, 1.82) is 0 Å². The monoisotopic (exact) mass is 716 g/mol. The summed E-state index contributed by atoms with van der Waals surface area (Å²) in [6.45, 7) is 7.11. The van der Waals surface area contributed by atoms with Crippen molar-refractivity contribution in [3.63, 3.8) is 0 Å². The van der Waals surface area contributed by atoms with Gasteiger partial charge in [-0.05, 0) is 78.7 Å². The Labute approximate surface area is 299 Å². The topological polar surface area (TPSA) is 172 Å². The lowest BCUT2D eigenvalue weighted by atomic mass is 10.1. The van der Waals surface area contributed by atoms with Gasteiger partial charge in [-0.15, -0.1) is 0 Å². The molecule has 6 rings (SSSR count). The summed E-state index contributed by atoms with van der Waals surface area (Å²) in [6, 6.07) is 17.7. The van der Waals surface area contributed by atoms with Crippen LogP contribution in [0.3, 0.4) is 0 Å². The lowest BCUT2D eigenvalue weighted by Gasteiger charge is -2.25. The predicted octanol–water partition coefficient (Wildman–Crippen LogP) is 3.53. The molecule has 1 fully saturated rings. The van der Waals surface area contributed by atoms with E-state index in [0.717, 1.165) is 5.69 Å². The number of amides is 3. The van der Waals surface area contributed by atoms with Crippen molar-refractivity contribution >= 4 is 30.1 Å². The second-order valence-corrected chi connectivity index (χ2v) is 12.1. The van der Waals surface area contributed by atoms with Crippen molar-refractivity contribution in [2.75, 3.05) is 44.2 Å². The number of halogens is 1. The summed E-state index contributed by atoms with van der Waals surface area (Å²) in [5.74, 6) is -0.791. The van der Waals surface area contributed by atoms with Gasteiger partial charge in [0.25, 0.3) is 24.2 Å². The third-order valence-corrected chi connectivity index (χ3v) is 8.55. The third-order valence-electron chi connectivity index (χ3n) is 8.55. The maximum absolute atomic E-state index is 14.9. The molecular formula is C36H41FN8O7. The number of para-hydroxylation sites is 1. The standard InChI is InChI=1S/C35H39FN8O5.CH2O2/c1-4-12-42-21-32(45)37-30-19-43(35-38-39-40-44(35)27-10-8-7-9-11-27)20-31(30)48-22-23-13-26(36)18-28(14-23)49-29-16-24(15-25(17-29)34(42)47)33(46)41(5-2)6-3;2-1-3/h7-11,13-18,30-31H,4-6,12,19-22H2,1-3H3,(H,37,45);1H,(H,2,3)/t30-,31-;/m1./s1. The molecule has 15 nitrogen and oxygen atoms in total. The number of ether oxygens (including phenoxy) is 2. The number of carbonyl (C=O) groups is 4. The Hall–Kier alpha value is -5.90. The number of hydrogen-bond donors (Lipinski definition) is 2. The Morgan fingerprint density at radius 3 is 2.48 bits per heavy atom. The number of aromatic nitrogens is 4. The number of carbonyl (C=O) groups excluding carboxylic acids is 3. The zero-order valence-electron chi connectivity index (χ0n) is 29.1. The molecule has 4 bridgehead atoms. The molecule has 0 aliphatic carbocycles. The van der Waals surface area contributed by atoms with E-state index < -0.39 is 23.9 Å².